The Balaban J connectivity index is 0. The Labute approximate surface area is 121 Å². The van der Waals surface area contributed by atoms with Crippen molar-refractivity contribution in [2.24, 2.45) is 5.73 Å². The summed E-state index contributed by atoms with van der Waals surface area (Å²) in [6, 6.07) is -2.15. The molecule has 0 rings (SSSR count). The van der Waals surface area contributed by atoms with Crippen LogP contribution in [0.25, 0.3) is 0 Å². The number of amides is 2. The highest BCUT2D eigenvalue weighted by Crippen LogP contribution is 1.97. The van der Waals surface area contributed by atoms with Crippen LogP contribution in [0.4, 0.5) is 0 Å². The third kappa shape index (κ3) is 7.59. The van der Waals surface area contributed by atoms with Crippen LogP contribution >= 0.6 is 12.6 Å². The van der Waals surface area contributed by atoms with Crippen LogP contribution in [0.1, 0.15) is 14.3 Å². The first-order valence-corrected chi connectivity index (χ1v) is 6.29. The van der Waals surface area contributed by atoms with Gasteiger partial charge in [0.15, 0.2) is 0 Å². The molecular weight excluding hydrogens is 290 g/mol. The summed E-state index contributed by atoms with van der Waals surface area (Å²) in [5.74, 6) is -3.70. The van der Waals surface area contributed by atoms with Gasteiger partial charge < -0.3 is 26.6 Å². The van der Waals surface area contributed by atoms with Gasteiger partial charge in [-0.1, -0.05) is 0 Å². The molecule has 6 N–H and O–H groups in total. The molecule has 0 aromatic rings. The van der Waals surface area contributed by atoms with Crippen molar-refractivity contribution in [3.05, 3.63) is 0 Å². The van der Waals surface area contributed by atoms with E-state index in [9.17, 15) is 19.2 Å². The van der Waals surface area contributed by atoms with E-state index in [0.29, 0.717) is 0 Å². The molecule has 0 radical (unpaired) electrons. The van der Waals surface area contributed by atoms with E-state index in [-0.39, 0.29) is 20.0 Å². The monoisotopic (exact) mass is 308 g/mol. The standard InChI is InChI=1S/C10H17N3O6S/c11-5(10(18)19)1-2-7(14)13-6(4-20)9(17)12-3-8(15)16/h5-6,20H,1-4,11H2,(H,12,17)(H,13,14)(H,15,16)(H,18,19)/p+1/t5-,6-/m0/s1. The predicted octanol–water partition coefficient (Wildman–Crippen LogP) is -2.09. The van der Waals surface area contributed by atoms with Crippen LogP contribution in [0.2, 0.25) is 0 Å². The summed E-state index contributed by atoms with van der Waals surface area (Å²) < 4.78 is 0. The zero-order valence-corrected chi connectivity index (χ0v) is 11.4. The van der Waals surface area contributed by atoms with Crippen molar-refractivity contribution in [2.45, 2.75) is 24.9 Å². The number of rotatable bonds is 9. The van der Waals surface area contributed by atoms with E-state index >= 15 is 0 Å². The number of carboxylic acid groups (broad SMARTS) is 2. The van der Waals surface area contributed by atoms with Crippen molar-refractivity contribution in [1.82, 2.24) is 10.6 Å². The summed E-state index contributed by atoms with van der Waals surface area (Å²) >= 11 is 3.87. The predicted molar refractivity (Wildman–Crippen MR) is 72.4 cm³/mol. The Kier molecular flexibility index (Phi) is 8.32. The Morgan fingerprint density at radius 1 is 1.25 bits per heavy atom. The summed E-state index contributed by atoms with van der Waals surface area (Å²) in [6.07, 6.45) is -0.235. The second-order valence-electron chi connectivity index (χ2n) is 3.90. The van der Waals surface area contributed by atoms with Crippen molar-refractivity contribution in [2.75, 3.05) is 12.3 Å². The van der Waals surface area contributed by atoms with Crippen LogP contribution in [-0.4, -0.2) is 58.3 Å². The summed E-state index contributed by atoms with van der Waals surface area (Å²) in [6.45, 7) is -0.567. The molecule has 0 fully saturated rings. The molecule has 0 saturated carbocycles. The van der Waals surface area contributed by atoms with Crippen LogP contribution in [0.5, 0.6) is 0 Å². The van der Waals surface area contributed by atoms with E-state index in [0.717, 1.165) is 0 Å². The highest BCUT2D eigenvalue weighted by atomic mass is 32.1. The number of thiol groups is 1. The highest BCUT2D eigenvalue weighted by molar-refractivity contribution is 7.80. The van der Waals surface area contributed by atoms with Crippen molar-refractivity contribution >= 4 is 36.4 Å². The average Bonchev–Trinajstić information content (AvgIpc) is 2.38. The summed E-state index contributed by atoms with van der Waals surface area (Å²) in [7, 11) is 0. The quantitative estimate of drug-likeness (QED) is 0.266. The number of nitrogens with two attached hydrogens (primary N) is 1. The van der Waals surface area contributed by atoms with Gasteiger partial charge in [0, 0.05) is 12.2 Å². The highest BCUT2D eigenvalue weighted by Gasteiger charge is 2.20. The topological polar surface area (TPSA) is 159 Å². The number of carbonyl (C=O) groups is 4. The van der Waals surface area contributed by atoms with Crippen molar-refractivity contribution < 1.29 is 30.8 Å². The second kappa shape index (κ2) is 9.15. The summed E-state index contributed by atoms with van der Waals surface area (Å²) in [5, 5.41) is 21.4. The van der Waals surface area contributed by atoms with Gasteiger partial charge >= 0.3 is 13.4 Å². The Morgan fingerprint density at radius 2 is 1.85 bits per heavy atom. The van der Waals surface area contributed by atoms with Crippen molar-refractivity contribution in [3.8, 4) is 0 Å². The molecule has 0 unspecified atom stereocenters. The minimum atomic E-state index is -1.22. The molecule has 0 aliphatic heterocycles. The molecule has 2 amide bonds. The van der Waals surface area contributed by atoms with Gasteiger partial charge in [-0.15, -0.1) is 0 Å². The first-order valence-electron chi connectivity index (χ1n) is 5.66. The molecule has 0 heterocycles. The zero-order valence-electron chi connectivity index (χ0n) is 11.5. The number of carbonyl (C=O) groups excluding carboxylic acids is 2. The van der Waals surface area contributed by atoms with Gasteiger partial charge in [-0.3, -0.25) is 19.2 Å². The number of nitrogens with one attached hydrogen (secondary N) is 2. The van der Waals surface area contributed by atoms with Gasteiger partial charge in [0.25, 0.3) is 0 Å². The molecule has 20 heavy (non-hydrogen) atoms. The van der Waals surface area contributed by atoms with Crippen LogP contribution < -0.4 is 16.4 Å². The summed E-state index contributed by atoms with van der Waals surface area (Å²) in [4.78, 5) is 43.7. The minimum absolute atomic E-state index is 0. The maximum Gasteiger partial charge on any atom is 1.00 e. The first-order chi connectivity index (χ1) is 9.27. The fraction of sp³-hybridized carbons (Fsp3) is 0.600. The lowest BCUT2D eigenvalue weighted by molar-refractivity contribution is -0.139. The fourth-order valence-electron chi connectivity index (χ4n) is 1.16. The van der Waals surface area contributed by atoms with E-state index in [4.69, 9.17) is 15.9 Å². The molecule has 0 saturated heterocycles. The lowest BCUT2D eigenvalue weighted by Crippen LogP contribution is -2.49. The average molecular weight is 308 g/mol. The maximum absolute atomic E-state index is 11.5. The van der Waals surface area contributed by atoms with Gasteiger partial charge in [0.1, 0.15) is 18.6 Å². The normalized spacial score (nSPS) is 13.1. The van der Waals surface area contributed by atoms with Crippen LogP contribution in [0.15, 0.2) is 0 Å². The lowest BCUT2D eigenvalue weighted by atomic mass is 10.1. The van der Waals surface area contributed by atoms with Crippen LogP contribution in [-0.2, 0) is 19.2 Å². The molecular formula is C10H18N3O6S+. The molecule has 9 nitrogen and oxygen atoms in total. The van der Waals surface area contributed by atoms with Crippen LogP contribution in [0.3, 0.4) is 0 Å². The third-order valence-electron chi connectivity index (χ3n) is 2.25. The smallest absolute Gasteiger partial charge is 0.480 e. The molecule has 0 aliphatic carbocycles. The molecule has 0 bridgehead atoms. The van der Waals surface area contributed by atoms with E-state index < -0.39 is 42.4 Å². The lowest BCUT2D eigenvalue weighted by Gasteiger charge is -2.16. The molecule has 114 valence electrons. The minimum Gasteiger partial charge on any atom is -0.480 e. The number of aliphatic carboxylic acids is 2. The largest absolute Gasteiger partial charge is 1.00 e. The molecule has 2 atom stereocenters. The van der Waals surface area contributed by atoms with Crippen molar-refractivity contribution in [1.29, 1.82) is 0 Å². The Hall–Kier alpha value is -1.81. The first kappa shape index (κ1) is 18.2. The maximum atomic E-state index is 11.5. The molecule has 0 spiro atoms. The van der Waals surface area contributed by atoms with Crippen LogP contribution in [0, 0.1) is 0 Å². The van der Waals surface area contributed by atoms with E-state index in [2.05, 4.69) is 23.3 Å². The molecule has 0 aliphatic rings. The number of carboxylic acids is 2. The molecule has 10 heteroatoms. The molecule has 0 aromatic carbocycles. The van der Waals surface area contributed by atoms with E-state index in [1.807, 2.05) is 0 Å². The van der Waals surface area contributed by atoms with Gasteiger partial charge in [-0.05, 0) is 6.42 Å². The summed E-state index contributed by atoms with van der Waals surface area (Å²) in [5.41, 5.74) is 5.23. The van der Waals surface area contributed by atoms with Crippen molar-refractivity contribution in [3.63, 3.8) is 0 Å². The fourth-order valence-corrected chi connectivity index (χ4v) is 1.41. The van der Waals surface area contributed by atoms with Gasteiger partial charge in [0.05, 0.1) is 0 Å². The van der Waals surface area contributed by atoms with Gasteiger partial charge in [-0.25, -0.2) is 0 Å². The zero-order chi connectivity index (χ0) is 15.7. The second-order valence-corrected chi connectivity index (χ2v) is 4.26. The van der Waals surface area contributed by atoms with E-state index in [1.54, 1.807) is 0 Å². The molecule has 0 aromatic heterocycles. The SMILES string of the molecule is N[C@@H](CCC(=O)N[C@@H](CS)C(=O)NCC(=O)O)C(=O)O.[H+]. The van der Waals surface area contributed by atoms with E-state index in [1.165, 1.54) is 0 Å². The Morgan fingerprint density at radius 3 is 2.30 bits per heavy atom. The number of hydrogen-bond donors (Lipinski definition) is 6. The number of hydrogen-bond acceptors (Lipinski definition) is 6. The third-order valence-corrected chi connectivity index (χ3v) is 2.61. The van der Waals surface area contributed by atoms with Gasteiger partial charge in [-0.2, -0.15) is 12.6 Å². The Bertz CT molecular complexity index is 395. The van der Waals surface area contributed by atoms with Gasteiger partial charge in [0.2, 0.25) is 11.8 Å².